The van der Waals surface area contributed by atoms with Gasteiger partial charge in [0, 0.05) is 5.56 Å². The number of hydrogen-bond donors (Lipinski definition) is 2. The van der Waals surface area contributed by atoms with E-state index >= 15 is 0 Å². The molecule has 2 aliphatic rings. The van der Waals surface area contributed by atoms with Crippen molar-refractivity contribution in [2.45, 2.75) is 23.9 Å². The third-order valence-electron chi connectivity index (χ3n) is 3.69. The zero-order valence-corrected chi connectivity index (χ0v) is 9.57. The second-order valence-electron chi connectivity index (χ2n) is 4.87. The van der Waals surface area contributed by atoms with Gasteiger partial charge < -0.3 is 15.2 Å². The lowest BCUT2D eigenvalue weighted by Gasteiger charge is -2.41. The van der Waals surface area contributed by atoms with Crippen LogP contribution in [-0.4, -0.2) is 25.7 Å². The third-order valence-corrected chi connectivity index (χ3v) is 3.69. The van der Waals surface area contributed by atoms with Gasteiger partial charge in [0.05, 0.1) is 5.50 Å². The highest BCUT2D eigenvalue weighted by Crippen LogP contribution is 2.44. The van der Waals surface area contributed by atoms with Crippen LogP contribution in [0.1, 0.15) is 24.0 Å². The van der Waals surface area contributed by atoms with Crippen LogP contribution in [0.3, 0.4) is 0 Å². The van der Waals surface area contributed by atoms with E-state index in [1.807, 2.05) is 0 Å². The van der Waals surface area contributed by atoms with Crippen LogP contribution < -0.4 is 5.32 Å². The SMILES string of the molecule is [B][C@@]1(O)CC[C@@]2(COC(=O)N2)c2cccc(F)c21. The van der Waals surface area contributed by atoms with Crippen LogP contribution in [0, 0.1) is 5.82 Å². The molecule has 1 spiro atoms. The number of hydrogen-bond acceptors (Lipinski definition) is 3. The molecular weight excluding hydrogens is 236 g/mol. The smallest absolute Gasteiger partial charge is 0.408 e. The standard InChI is InChI=1S/C12H11BFNO3/c13-12(17)5-4-11(6-18-10(16)15-11)7-2-1-3-8(14)9(7)12/h1-3,17H,4-6H2,(H,15,16)/t11-,12-/m1/s1. The lowest BCUT2D eigenvalue weighted by Crippen LogP contribution is -2.49. The van der Waals surface area contributed by atoms with Crippen molar-refractivity contribution < 1.29 is 19.0 Å². The third kappa shape index (κ3) is 1.45. The Bertz CT molecular complexity index is 534. The Hall–Kier alpha value is -1.56. The molecule has 0 bridgehead atoms. The van der Waals surface area contributed by atoms with Crippen molar-refractivity contribution in [2.24, 2.45) is 0 Å². The Morgan fingerprint density at radius 2 is 2.22 bits per heavy atom. The largest absolute Gasteiger partial charge is 0.447 e. The molecule has 1 aromatic rings. The molecule has 4 nitrogen and oxygen atoms in total. The van der Waals surface area contributed by atoms with Crippen LogP contribution in [0.5, 0.6) is 0 Å². The number of aliphatic hydroxyl groups is 1. The number of cyclic esters (lactones) is 1. The number of alkyl carbamates (subject to hydrolysis) is 1. The minimum absolute atomic E-state index is 0.0436. The average molecular weight is 247 g/mol. The summed E-state index contributed by atoms with van der Waals surface area (Å²) in [5, 5.41) is 12.8. The second kappa shape index (κ2) is 3.48. The van der Waals surface area contributed by atoms with Gasteiger partial charge in [-0.15, -0.1) is 0 Å². The molecule has 1 amide bonds. The molecule has 3 rings (SSSR count). The Morgan fingerprint density at radius 3 is 2.89 bits per heavy atom. The van der Waals surface area contributed by atoms with E-state index in [9.17, 15) is 14.3 Å². The monoisotopic (exact) mass is 247 g/mol. The second-order valence-corrected chi connectivity index (χ2v) is 4.87. The zero-order chi connectivity index (χ0) is 13.0. The maximum atomic E-state index is 13.9. The van der Waals surface area contributed by atoms with Crippen molar-refractivity contribution in [2.75, 3.05) is 6.61 Å². The highest BCUT2D eigenvalue weighted by molar-refractivity contribution is 6.15. The molecule has 18 heavy (non-hydrogen) atoms. The highest BCUT2D eigenvalue weighted by atomic mass is 19.1. The molecule has 2 radical (unpaired) electrons. The number of benzene rings is 1. The minimum atomic E-state index is -1.71. The van der Waals surface area contributed by atoms with Crippen LogP contribution >= 0.6 is 0 Å². The molecule has 1 aliphatic heterocycles. The first-order valence-corrected chi connectivity index (χ1v) is 5.70. The number of ether oxygens (including phenoxy) is 1. The van der Waals surface area contributed by atoms with E-state index in [2.05, 4.69) is 5.32 Å². The van der Waals surface area contributed by atoms with E-state index in [-0.39, 0.29) is 18.6 Å². The van der Waals surface area contributed by atoms with Gasteiger partial charge in [0.15, 0.2) is 0 Å². The molecule has 92 valence electrons. The molecule has 1 fully saturated rings. The Labute approximate surface area is 105 Å². The summed E-state index contributed by atoms with van der Waals surface area (Å²) in [5.74, 6) is -0.572. The molecule has 0 unspecified atom stereocenters. The summed E-state index contributed by atoms with van der Waals surface area (Å²) >= 11 is 0. The number of halogens is 1. The van der Waals surface area contributed by atoms with E-state index in [1.54, 1.807) is 6.07 Å². The van der Waals surface area contributed by atoms with E-state index in [4.69, 9.17) is 12.6 Å². The molecule has 6 heteroatoms. The molecule has 1 aromatic carbocycles. The van der Waals surface area contributed by atoms with Gasteiger partial charge in [-0.2, -0.15) is 0 Å². The van der Waals surface area contributed by atoms with Crippen molar-refractivity contribution in [1.29, 1.82) is 0 Å². The van der Waals surface area contributed by atoms with Crippen LogP contribution in [-0.2, 0) is 15.8 Å². The van der Waals surface area contributed by atoms with Gasteiger partial charge in [0.25, 0.3) is 0 Å². The average Bonchev–Trinajstić information content (AvgIpc) is 2.68. The molecule has 1 heterocycles. The summed E-state index contributed by atoms with van der Waals surface area (Å²) in [6, 6.07) is 4.43. The lowest BCUT2D eigenvalue weighted by molar-refractivity contribution is 0.0768. The summed E-state index contributed by atoms with van der Waals surface area (Å²) in [4.78, 5) is 11.3. The highest BCUT2D eigenvalue weighted by Gasteiger charge is 2.49. The molecule has 0 aromatic heterocycles. The Kier molecular flexibility index (Phi) is 2.23. The number of nitrogens with one attached hydrogen (secondary N) is 1. The normalized spacial score (nSPS) is 34.0. The number of amides is 1. The van der Waals surface area contributed by atoms with Crippen LogP contribution in [0.15, 0.2) is 18.2 Å². The fourth-order valence-corrected chi connectivity index (χ4v) is 2.76. The van der Waals surface area contributed by atoms with Gasteiger partial charge in [-0.3, -0.25) is 0 Å². The maximum Gasteiger partial charge on any atom is 0.408 e. The molecule has 1 aliphatic carbocycles. The van der Waals surface area contributed by atoms with Crippen molar-refractivity contribution in [3.8, 4) is 0 Å². The number of rotatable bonds is 0. The zero-order valence-electron chi connectivity index (χ0n) is 9.57. The predicted octanol–water partition coefficient (Wildman–Crippen LogP) is 0.868. The van der Waals surface area contributed by atoms with Gasteiger partial charge in [-0.05, 0) is 24.5 Å². The summed E-state index contributed by atoms with van der Waals surface area (Å²) < 4.78 is 18.8. The predicted molar refractivity (Wildman–Crippen MR) is 61.4 cm³/mol. The number of carbonyl (C=O) groups is 1. The van der Waals surface area contributed by atoms with Crippen LogP contribution in [0.4, 0.5) is 9.18 Å². The first-order valence-electron chi connectivity index (χ1n) is 5.70. The number of carbonyl (C=O) groups excluding carboxylic acids is 1. The maximum absolute atomic E-state index is 13.9. The summed E-state index contributed by atoms with van der Waals surface area (Å²) in [7, 11) is 5.74. The molecule has 2 atom stereocenters. The molecule has 2 N–H and O–H groups in total. The van der Waals surface area contributed by atoms with Gasteiger partial charge in [0.2, 0.25) is 0 Å². The van der Waals surface area contributed by atoms with Gasteiger partial charge in [0.1, 0.15) is 25.8 Å². The van der Waals surface area contributed by atoms with E-state index in [0.717, 1.165) is 0 Å². The topological polar surface area (TPSA) is 58.6 Å². The molecule has 1 saturated heterocycles. The van der Waals surface area contributed by atoms with Crippen molar-refractivity contribution in [3.05, 3.63) is 35.1 Å². The van der Waals surface area contributed by atoms with Crippen molar-refractivity contribution >= 4 is 13.9 Å². The molecule has 0 saturated carbocycles. The van der Waals surface area contributed by atoms with E-state index < -0.39 is 22.9 Å². The van der Waals surface area contributed by atoms with Crippen LogP contribution in [0.2, 0.25) is 0 Å². The minimum Gasteiger partial charge on any atom is -0.447 e. The first kappa shape index (κ1) is 11.5. The van der Waals surface area contributed by atoms with Crippen LogP contribution in [0.25, 0.3) is 0 Å². The summed E-state index contributed by atoms with van der Waals surface area (Å²) in [5.41, 5.74) is -1.95. The van der Waals surface area contributed by atoms with Crippen molar-refractivity contribution in [1.82, 2.24) is 5.32 Å². The lowest BCUT2D eigenvalue weighted by atomic mass is 9.62. The Morgan fingerprint density at radius 1 is 1.44 bits per heavy atom. The van der Waals surface area contributed by atoms with E-state index in [0.29, 0.717) is 12.0 Å². The summed E-state index contributed by atoms with van der Waals surface area (Å²) in [6.45, 7) is 0.123. The fraction of sp³-hybridized carbons (Fsp3) is 0.417. The van der Waals surface area contributed by atoms with Crippen molar-refractivity contribution in [3.63, 3.8) is 0 Å². The Balaban J connectivity index is 2.20. The number of fused-ring (bicyclic) bond motifs is 2. The first-order chi connectivity index (χ1) is 8.45. The quantitative estimate of drug-likeness (QED) is 0.668. The van der Waals surface area contributed by atoms with Gasteiger partial charge in [-0.25, -0.2) is 9.18 Å². The van der Waals surface area contributed by atoms with E-state index in [1.165, 1.54) is 12.1 Å². The molecular formula is C12H11BFNO3. The van der Waals surface area contributed by atoms with Gasteiger partial charge >= 0.3 is 6.09 Å². The fourth-order valence-electron chi connectivity index (χ4n) is 2.76. The van der Waals surface area contributed by atoms with Gasteiger partial charge in [-0.1, -0.05) is 12.1 Å². The summed E-state index contributed by atoms with van der Waals surface area (Å²) in [6.07, 6.45) is 0.0277.